The van der Waals surface area contributed by atoms with Gasteiger partial charge in [-0.25, -0.2) is 0 Å². The molecule has 0 aliphatic heterocycles. The van der Waals surface area contributed by atoms with Crippen molar-refractivity contribution in [3.63, 3.8) is 0 Å². The highest BCUT2D eigenvalue weighted by Gasteiger charge is 2.00. The van der Waals surface area contributed by atoms with Crippen molar-refractivity contribution in [2.75, 3.05) is 12.9 Å². The molecule has 0 N–H and O–H groups in total. The standard InChI is InChI=1S/C14H16O3S/c1-11(16)18-8-4-3-5-12-6-7-14(17-2)9-13(12)10-15/h3,5-7,9-10H,4,8H2,1-2H3. The van der Waals surface area contributed by atoms with Crippen LogP contribution in [-0.2, 0) is 4.79 Å². The lowest BCUT2D eigenvalue weighted by Gasteiger charge is -2.03. The van der Waals surface area contributed by atoms with Crippen LogP contribution in [-0.4, -0.2) is 24.3 Å². The van der Waals surface area contributed by atoms with Crippen LogP contribution in [0.5, 0.6) is 5.75 Å². The summed E-state index contributed by atoms with van der Waals surface area (Å²) in [5.74, 6) is 1.43. The summed E-state index contributed by atoms with van der Waals surface area (Å²) < 4.78 is 5.06. The molecule has 0 bridgehead atoms. The molecule has 1 aromatic carbocycles. The van der Waals surface area contributed by atoms with Gasteiger partial charge in [-0.15, -0.1) is 0 Å². The first-order valence-electron chi connectivity index (χ1n) is 5.60. The van der Waals surface area contributed by atoms with Crippen LogP contribution in [0.2, 0.25) is 0 Å². The van der Waals surface area contributed by atoms with Gasteiger partial charge in [-0.3, -0.25) is 9.59 Å². The quantitative estimate of drug-likeness (QED) is 0.584. The first-order chi connectivity index (χ1) is 8.67. The summed E-state index contributed by atoms with van der Waals surface area (Å²) in [7, 11) is 1.57. The molecule has 0 saturated heterocycles. The molecule has 4 heteroatoms. The molecule has 0 atom stereocenters. The number of allylic oxidation sites excluding steroid dienone is 1. The van der Waals surface area contributed by atoms with Crippen LogP contribution in [0.25, 0.3) is 6.08 Å². The van der Waals surface area contributed by atoms with Crippen molar-refractivity contribution in [3.8, 4) is 5.75 Å². The Bertz CT molecular complexity index is 452. The lowest BCUT2D eigenvalue weighted by molar-refractivity contribution is -0.109. The topological polar surface area (TPSA) is 43.4 Å². The molecule has 0 amide bonds. The highest BCUT2D eigenvalue weighted by atomic mass is 32.2. The Balaban J connectivity index is 2.63. The molecule has 1 rings (SSSR count). The third kappa shape index (κ3) is 4.75. The van der Waals surface area contributed by atoms with E-state index in [2.05, 4.69) is 0 Å². The van der Waals surface area contributed by atoms with Gasteiger partial charge in [-0.2, -0.15) is 0 Å². The summed E-state index contributed by atoms with van der Waals surface area (Å²) in [5.41, 5.74) is 1.46. The van der Waals surface area contributed by atoms with Gasteiger partial charge in [-0.1, -0.05) is 30.0 Å². The Morgan fingerprint density at radius 3 is 2.78 bits per heavy atom. The third-order valence-corrected chi connectivity index (χ3v) is 3.15. The van der Waals surface area contributed by atoms with E-state index in [4.69, 9.17) is 4.74 Å². The smallest absolute Gasteiger partial charge is 0.185 e. The Hall–Kier alpha value is -1.55. The van der Waals surface area contributed by atoms with E-state index in [-0.39, 0.29) is 5.12 Å². The number of carbonyl (C=O) groups is 2. The fourth-order valence-electron chi connectivity index (χ4n) is 1.41. The van der Waals surface area contributed by atoms with Gasteiger partial charge >= 0.3 is 0 Å². The maximum absolute atomic E-state index is 10.9. The van der Waals surface area contributed by atoms with E-state index in [1.54, 1.807) is 20.1 Å². The molecule has 0 aromatic heterocycles. The van der Waals surface area contributed by atoms with Gasteiger partial charge in [0.05, 0.1) is 7.11 Å². The van der Waals surface area contributed by atoms with Gasteiger partial charge in [0.2, 0.25) is 0 Å². The summed E-state index contributed by atoms with van der Waals surface area (Å²) in [5, 5.41) is 0.126. The van der Waals surface area contributed by atoms with Gasteiger partial charge < -0.3 is 4.74 Å². The lowest BCUT2D eigenvalue weighted by atomic mass is 10.1. The zero-order valence-electron chi connectivity index (χ0n) is 10.5. The molecule has 0 fully saturated rings. The van der Waals surface area contributed by atoms with Gasteiger partial charge in [0, 0.05) is 18.2 Å². The number of rotatable bonds is 6. The molecule has 0 saturated carbocycles. The summed E-state index contributed by atoms with van der Waals surface area (Å²) in [4.78, 5) is 21.7. The normalized spacial score (nSPS) is 10.6. The number of hydrogen-bond acceptors (Lipinski definition) is 4. The average molecular weight is 264 g/mol. The first kappa shape index (κ1) is 14.5. The predicted molar refractivity (Wildman–Crippen MR) is 75.2 cm³/mol. The molecule has 0 heterocycles. The summed E-state index contributed by atoms with van der Waals surface area (Å²) in [6, 6.07) is 5.37. The Morgan fingerprint density at radius 1 is 1.39 bits per heavy atom. The first-order valence-corrected chi connectivity index (χ1v) is 6.59. The molecular weight excluding hydrogens is 248 g/mol. The SMILES string of the molecule is COc1ccc(C=CCCSC(C)=O)c(C=O)c1. The van der Waals surface area contributed by atoms with E-state index in [0.717, 1.165) is 24.0 Å². The van der Waals surface area contributed by atoms with Gasteiger partial charge in [0.1, 0.15) is 5.75 Å². The van der Waals surface area contributed by atoms with Crippen LogP contribution < -0.4 is 4.74 Å². The minimum absolute atomic E-state index is 0.126. The maximum Gasteiger partial charge on any atom is 0.185 e. The van der Waals surface area contributed by atoms with Crippen molar-refractivity contribution >= 4 is 29.2 Å². The van der Waals surface area contributed by atoms with Crippen molar-refractivity contribution in [3.05, 3.63) is 35.4 Å². The number of benzene rings is 1. The van der Waals surface area contributed by atoms with Crippen LogP contribution in [0.4, 0.5) is 0 Å². The number of methoxy groups -OCH3 is 1. The molecule has 18 heavy (non-hydrogen) atoms. The van der Waals surface area contributed by atoms with Gasteiger partial charge in [0.25, 0.3) is 0 Å². The van der Waals surface area contributed by atoms with Crippen LogP contribution in [0, 0.1) is 0 Å². The van der Waals surface area contributed by atoms with Gasteiger partial charge in [0.15, 0.2) is 11.4 Å². The molecular formula is C14H16O3S. The summed E-state index contributed by atoms with van der Waals surface area (Å²) in [6.07, 6.45) is 5.47. The van der Waals surface area contributed by atoms with Gasteiger partial charge in [-0.05, 0) is 24.1 Å². The predicted octanol–water partition coefficient (Wildman–Crippen LogP) is 3.19. The monoisotopic (exact) mass is 264 g/mol. The number of ether oxygens (including phenoxy) is 1. The third-order valence-electron chi connectivity index (χ3n) is 2.31. The Labute approximate surface area is 111 Å². The highest BCUT2D eigenvalue weighted by Crippen LogP contribution is 2.17. The second kappa shape index (κ2) is 7.71. The Kier molecular flexibility index (Phi) is 6.22. The van der Waals surface area contributed by atoms with E-state index in [1.807, 2.05) is 24.3 Å². The average Bonchev–Trinajstić information content (AvgIpc) is 2.38. The van der Waals surface area contributed by atoms with Crippen molar-refractivity contribution in [1.29, 1.82) is 0 Å². The number of hydrogen-bond donors (Lipinski definition) is 0. The van der Waals surface area contributed by atoms with E-state index in [1.165, 1.54) is 11.8 Å². The molecule has 0 unspecified atom stereocenters. The van der Waals surface area contributed by atoms with Crippen LogP contribution in [0.15, 0.2) is 24.3 Å². The lowest BCUT2D eigenvalue weighted by Crippen LogP contribution is -1.89. The van der Waals surface area contributed by atoms with E-state index < -0.39 is 0 Å². The molecule has 0 spiro atoms. The molecule has 3 nitrogen and oxygen atoms in total. The summed E-state index contributed by atoms with van der Waals surface area (Å²) >= 11 is 1.30. The van der Waals surface area contributed by atoms with E-state index in [9.17, 15) is 9.59 Å². The van der Waals surface area contributed by atoms with Crippen molar-refractivity contribution in [2.24, 2.45) is 0 Å². The second-order valence-electron chi connectivity index (χ2n) is 3.64. The van der Waals surface area contributed by atoms with Crippen molar-refractivity contribution < 1.29 is 14.3 Å². The minimum Gasteiger partial charge on any atom is -0.497 e. The second-order valence-corrected chi connectivity index (χ2v) is 4.92. The van der Waals surface area contributed by atoms with Crippen molar-refractivity contribution in [2.45, 2.75) is 13.3 Å². The summed E-state index contributed by atoms with van der Waals surface area (Å²) in [6.45, 7) is 1.56. The highest BCUT2D eigenvalue weighted by molar-refractivity contribution is 8.13. The fraction of sp³-hybridized carbons (Fsp3) is 0.286. The minimum atomic E-state index is 0.126. The molecule has 0 aliphatic carbocycles. The van der Waals surface area contributed by atoms with Crippen LogP contribution in [0.1, 0.15) is 29.3 Å². The number of thioether (sulfide) groups is 1. The van der Waals surface area contributed by atoms with E-state index in [0.29, 0.717) is 11.3 Å². The van der Waals surface area contributed by atoms with E-state index >= 15 is 0 Å². The molecule has 0 radical (unpaired) electrons. The molecule has 0 aliphatic rings. The molecule has 96 valence electrons. The number of carbonyl (C=O) groups excluding carboxylic acids is 2. The molecule has 1 aromatic rings. The largest absolute Gasteiger partial charge is 0.497 e. The van der Waals surface area contributed by atoms with Crippen LogP contribution in [0.3, 0.4) is 0 Å². The fourth-order valence-corrected chi connectivity index (χ4v) is 1.96. The Morgan fingerprint density at radius 2 is 2.17 bits per heavy atom. The zero-order chi connectivity index (χ0) is 13.4. The maximum atomic E-state index is 10.9. The number of aldehydes is 1. The van der Waals surface area contributed by atoms with Crippen molar-refractivity contribution in [1.82, 2.24) is 0 Å². The zero-order valence-corrected chi connectivity index (χ0v) is 11.3. The van der Waals surface area contributed by atoms with Crippen LogP contribution >= 0.6 is 11.8 Å².